The molecule has 0 amide bonds. The molecule has 0 radical (unpaired) electrons. The highest BCUT2D eigenvalue weighted by Gasteiger charge is 2.63. The molecule has 2 fully saturated rings. The first-order valence-electron chi connectivity index (χ1n) is 7.53. The molecule has 0 heterocycles. The number of ketones is 1. The van der Waals surface area contributed by atoms with Gasteiger partial charge in [0.2, 0.25) is 0 Å². The SMILES string of the molecule is CC1(C)C2CCC3C4=CC(=O)CC4=CCCC3C21. The zero-order chi connectivity index (χ0) is 12.5. The average Bonchev–Trinajstić information content (AvgIpc) is 2.75. The van der Waals surface area contributed by atoms with Crippen molar-refractivity contribution in [2.24, 2.45) is 29.1 Å². The molecular weight excluding hydrogens is 220 g/mol. The summed E-state index contributed by atoms with van der Waals surface area (Å²) >= 11 is 0. The zero-order valence-electron chi connectivity index (χ0n) is 11.4. The van der Waals surface area contributed by atoms with Crippen LogP contribution in [-0.4, -0.2) is 5.78 Å². The van der Waals surface area contributed by atoms with Crippen molar-refractivity contribution in [2.45, 2.75) is 46.0 Å². The fraction of sp³-hybridized carbons (Fsp3) is 0.706. The molecule has 2 saturated carbocycles. The van der Waals surface area contributed by atoms with Gasteiger partial charge in [0.1, 0.15) is 0 Å². The average molecular weight is 242 g/mol. The van der Waals surface area contributed by atoms with E-state index < -0.39 is 0 Å². The lowest BCUT2D eigenvalue weighted by Gasteiger charge is -2.31. The van der Waals surface area contributed by atoms with Crippen molar-refractivity contribution in [3.05, 3.63) is 23.3 Å². The smallest absolute Gasteiger partial charge is 0.160 e. The molecule has 4 atom stereocenters. The Labute approximate surface area is 109 Å². The Morgan fingerprint density at radius 2 is 2.06 bits per heavy atom. The van der Waals surface area contributed by atoms with E-state index in [4.69, 9.17) is 0 Å². The van der Waals surface area contributed by atoms with E-state index in [1.165, 1.54) is 36.8 Å². The van der Waals surface area contributed by atoms with Crippen LogP contribution in [0, 0.1) is 29.1 Å². The molecule has 4 aliphatic rings. The molecule has 0 bridgehead atoms. The summed E-state index contributed by atoms with van der Waals surface area (Å²) in [6, 6.07) is 0. The summed E-state index contributed by atoms with van der Waals surface area (Å²) in [6.45, 7) is 4.91. The molecule has 4 rings (SSSR count). The van der Waals surface area contributed by atoms with Crippen LogP contribution in [0.1, 0.15) is 46.0 Å². The monoisotopic (exact) mass is 242 g/mol. The van der Waals surface area contributed by atoms with Gasteiger partial charge in [-0.1, -0.05) is 19.9 Å². The van der Waals surface area contributed by atoms with Crippen molar-refractivity contribution in [3.8, 4) is 0 Å². The van der Waals surface area contributed by atoms with E-state index in [9.17, 15) is 4.79 Å². The van der Waals surface area contributed by atoms with Gasteiger partial charge in [-0.25, -0.2) is 0 Å². The van der Waals surface area contributed by atoms with Crippen LogP contribution in [0.5, 0.6) is 0 Å². The summed E-state index contributed by atoms with van der Waals surface area (Å²) in [5.41, 5.74) is 3.39. The van der Waals surface area contributed by atoms with Crippen LogP contribution in [0.3, 0.4) is 0 Å². The number of allylic oxidation sites excluding steroid dienone is 4. The van der Waals surface area contributed by atoms with Crippen molar-refractivity contribution >= 4 is 5.78 Å². The molecule has 4 aliphatic carbocycles. The largest absolute Gasteiger partial charge is 0.294 e. The number of hydrogen-bond acceptors (Lipinski definition) is 1. The van der Waals surface area contributed by atoms with Gasteiger partial charge in [-0.15, -0.1) is 0 Å². The second-order valence-corrected chi connectivity index (χ2v) is 7.35. The Morgan fingerprint density at radius 1 is 1.22 bits per heavy atom. The first kappa shape index (κ1) is 11.0. The first-order valence-corrected chi connectivity index (χ1v) is 7.53. The number of fused-ring (bicyclic) bond motifs is 5. The van der Waals surface area contributed by atoms with Gasteiger partial charge in [-0.05, 0) is 72.0 Å². The van der Waals surface area contributed by atoms with Crippen LogP contribution in [0.15, 0.2) is 23.3 Å². The Hall–Kier alpha value is -0.850. The fourth-order valence-corrected chi connectivity index (χ4v) is 5.37. The number of rotatable bonds is 0. The molecule has 1 nitrogen and oxygen atoms in total. The van der Waals surface area contributed by atoms with E-state index in [0.29, 0.717) is 23.5 Å². The number of carbonyl (C=O) groups excluding carboxylic acids is 1. The molecule has 0 aromatic carbocycles. The van der Waals surface area contributed by atoms with E-state index in [-0.39, 0.29) is 0 Å². The minimum atomic E-state index is 0.342. The maximum atomic E-state index is 11.7. The van der Waals surface area contributed by atoms with Crippen LogP contribution >= 0.6 is 0 Å². The predicted octanol–water partition coefficient (Wildman–Crippen LogP) is 3.90. The Bertz CT molecular complexity index is 480. The Kier molecular flexibility index (Phi) is 2.06. The molecule has 96 valence electrons. The topological polar surface area (TPSA) is 17.1 Å². The molecule has 0 spiro atoms. The van der Waals surface area contributed by atoms with E-state index in [1.807, 2.05) is 6.08 Å². The van der Waals surface area contributed by atoms with Gasteiger partial charge in [0.25, 0.3) is 0 Å². The normalized spacial score (nSPS) is 44.2. The van der Waals surface area contributed by atoms with Gasteiger partial charge in [0, 0.05) is 6.42 Å². The van der Waals surface area contributed by atoms with Gasteiger partial charge in [-0.3, -0.25) is 4.79 Å². The summed E-state index contributed by atoms with van der Waals surface area (Å²) in [4.78, 5) is 11.7. The van der Waals surface area contributed by atoms with Gasteiger partial charge in [0.05, 0.1) is 0 Å². The third-order valence-electron chi connectivity index (χ3n) is 6.25. The van der Waals surface area contributed by atoms with Crippen molar-refractivity contribution in [1.82, 2.24) is 0 Å². The molecule has 1 heteroatoms. The fourth-order valence-electron chi connectivity index (χ4n) is 5.37. The van der Waals surface area contributed by atoms with Gasteiger partial charge < -0.3 is 0 Å². The summed E-state index contributed by atoms with van der Waals surface area (Å²) in [7, 11) is 0. The highest BCUT2D eigenvalue weighted by Crippen LogP contribution is 2.70. The lowest BCUT2D eigenvalue weighted by atomic mass is 9.73. The minimum Gasteiger partial charge on any atom is -0.294 e. The maximum Gasteiger partial charge on any atom is 0.160 e. The first-order chi connectivity index (χ1) is 8.59. The number of carbonyl (C=O) groups is 1. The lowest BCUT2D eigenvalue weighted by molar-refractivity contribution is -0.113. The minimum absolute atomic E-state index is 0.342. The summed E-state index contributed by atoms with van der Waals surface area (Å²) in [5.74, 6) is 3.80. The molecule has 0 aromatic rings. The van der Waals surface area contributed by atoms with Crippen LogP contribution in [0.4, 0.5) is 0 Å². The lowest BCUT2D eigenvalue weighted by Crippen LogP contribution is -2.23. The van der Waals surface area contributed by atoms with Crippen LogP contribution in [0.2, 0.25) is 0 Å². The third kappa shape index (κ3) is 1.31. The molecule has 0 N–H and O–H groups in total. The summed E-state index contributed by atoms with van der Waals surface area (Å²) in [5, 5.41) is 0. The van der Waals surface area contributed by atoms with Crippen molar-refractivity contribution in [3.63, 3.8) is 0 Å². The second-order valence-electron chi connectivity index (χ2n) is 7.35. The summed E-state index contributed by atoms with van der Waals surface area (Å²) in [6.07, 6.45) is 10.3. The third-order valence-corrected chi connectivity index (χ3v) is 6.25. The molecule has 0 aromatic heterocycles. The summed E-state index contributed by atoms with van der Waals surface area (Å²) < 4.78 is 0. The quantitative estimate of drug-likeness (QED) is 0.629. The predicted molar refractivity (Wildman–Crippen MR) is 72.0 cm³/mol. The molecule has 0 saturated heterocycles. The van der Waals surface area contributed by atoms with Crippen LogP contribution < -0.4 is 0 Å². The molecular formula is C17H22O. The standard InChI is InChI=1S/C17H22O/c1-17(2)15-7-6-12-13(16(15)17)5-3-4-10-8-11(18)9-14(10)12/h4,9,12-13,15-16H,3,5-8H2,1-2H3. The van der Waals surface area contributed by atoms with Gasteiger partial charge >= 0.3 is 0 Å². The van der Waals surface area contributed by atoms with Crippen molar-refractivity contribution in [1.29, 1.82) is 0 Å². The molecule has 4 unspecified atom stereocenters. The van der Waals surface area contributed by atoms with E-state index in [0.717, 1.165) is 17.8 Å². The highest BCUT2D eigenvalue weighted by molar-refractivity contribution is 5.97. The van der Waals surface area contributed by atoms with Gasteiger partial charge in [-0.2, -0.15) is 0 Å². The van der Waals surface area contributed by atoms with Crippen LogP contribution in [-0.2, 0) is 4.79 Å². The van der Waals surface area contributed by atoms with E-state index >= 15 is 0 Å². The molecule has 0 aliphatic heterocycles. The highest BCUT2D eigenvalue weighted by atomic mass is 16.1. The Morgan fingerprint density at radius 3 is 2.89 bits per heavy atom. The van der Waals surface area contributed by atoms with Crippen molar-refractivity contribution in [2.75, 3.05) is 0 Å². The zero-order valence-corrected chi connectivity index (χ0v) is 11.4. The Balaban J connectivity index is 1.71. The van der Waals surface area contributed by atoms with E-state index in [1.54, 1.807) is 0 Å². The number of hydrogen-bond donors (Lipinski definition) is 0. The second kappa shape index (κ2) is 3.37. The van der Waals surface area contributed by atoms with Crippen molar-refractivity contribution < 1.29 is 4.79 Å². The van der Waals surface area contributed by atoms with E-state index in [2.05, 4.69) is 19.9 Å². The van der Waals surface area contributed by atoms with Gasteiger partial charge in [0.15, 0.2) is 5.78 Å². The maximum absolute atomic E-state index is 11.7. The molecule has 18 heavy (non-hydrogen) atoms. The van der Waals surface area contributed by atoms with Crippen LogP contribution in [0.25, 0.3) is 0 Å².